The van der Waals surface area contributed by atoms with E-state index in [2.05, 4.69) is 57.4 Å². The van der Waals surface area contributed by atoms with Crippen LogP contribution in [0.3, 0.4) is 0 Å². The molecule has 4 aromatic rings. The highest BCUT2D eigenvalue weighted by Crippen LogP contribution is 2.32. The van der Waals surface area contributed by atoms with Crippen LogP contribution in [0.15, 0.2) is 76.4 Å². The van der Waals surface area contributed by atoms with E-state index in [1.54, 1.807) is 0 Å². The fourth-order valence-electron chi connectivity index (χ4n) is 3.25. The molecule has 0 saturated carbocycles. The van der Waals surface area contributed by atoms with Crippen LogP contribution < -0.4 is 5.32 Å². The summed E-state index contributed by atoms with van der Waals surface area (Å²) in [6.07, 6.45) is 0. The van der Waals surface area contributed by atoms with E-state index in [4.69, 9.17) is 0 Å². The Bertz CT molecular complexity index is 1270. The maximum atomic E-state index is 12.6. The van der Waals surface area contributed by atoms with E-state index in [1.165, 1.54) is 22.9 Å². The van der Waals surface area contributed by atoms with Crippen molar-refractivity contribution in [3.05, 3.63) is 87.9 Å². The van der Waals surface area contributed by atoms with Crippen molar-refractivity contribution in [1.82, 2.24) is 14.8 Å². The van der Waals surface area contributed by atoms with E-state index in [1.807, 2.05) is 66.1 Å². The summed E-state index contributed by atoms with van der Waals surface area (Å²) in [4.78, 5) is 12.6. The lowest BCUT2D eigenvalue weighted by Gasteiger charge is -2.12. The summed E-state index contributed by atoms with van der Waals surface area (Å²) in [5.74, 6) is 0.866. The molecule has 4 rings (SSSR count). The Hall–Kier alpha value is -2.90. The predicted octanol–water partition coefficient (Wildman–Crippen LogP) is 6.35. The van der Waals surface area contributed by atoms with Gasteiger partial charge in [0, 0.05) is 21.4 Å². The van der Waals surface area contributed by atoms with E-state index in [0.717, 1.165) is 32.8 Å². The topological polar surface area (TPSA) is 59.8 Å². The van der Waals surface area contributed by atoms with Crippen LogP contribution in [0.2, 0.25) is 0 Å². The molecule has 3 aromatic carbocycles. The molecule has 0 aliphatic rings. The molecule has 7 heteroatoms. The number of rotatable bonds is 6. The number of halogens is 1. The number of hydrogen-bond acceptors (Lipinski definition) is 4. The van der Waals surface area contributed by atoms with Gasteiger partial charge in [0.25, 0.3) is 0 Å². The van der Waals surface area contributed by atoms with Crippen molar-refractivity contribution in [2.24, 2.45) is 0 Å². The van der Waals surface area contributed by atoms with Gasteiger partial charge in [0.05, 0.1) is 5.75 Å². The Labute approximate surface area is 200 Å². The van der Waals surface area contributed by atoms with Crippen LogP contribution in [0, 0.1) is 20.8 Å². The molecule has 0 bridgehead atoms. The normalized spacial score (nSPS) is 10.9. The molecule has 0 saturated heterocycles. The van der Waals surface area contributed by atoms with Crippen LogP contribution in [0.1, 0.15) is 16.7 Å². The minimum absolute atomic E-state index is 0.0841. The van der Waals surface area contributed by atoms with E-state index < -0.39 is 0 Å². The smallest absolute Gasteiger partial charge is 0.234 e. The highest BCUT2D eigenvalue weighted by Gasteiger charge is 2.19. The van der Waals surface area contributed by atoms with Crippen molar-refractivity contribution >= 4 is 39.3 Å². The fourth-order valence-corrected chi connectivity index (χ4v) is 4.47. The fraction of sp³-hybridized carbons (Fsp3) is 0.160. The first-order valence-electron chi connectivity index (χ1n) is 10.2. The number of nitrogens with zero attached hydrogens (tertiary/aromatic N) is 3. The van der Waals surface area contributed by atoms with Crippen molar-refractivity contribution in [3.63, 3.8) is 0 Å². The van der Waals surface area contributed by atoms with Crippen LogP contribution >= 0.6 is 27.7 Å². The third-order valence-corrected chi connectivity index (χ3v) is 6.78. The van der Waals surface area contributed by atoms with Crippen molar-refractivity contribution in [1.29, 1.82) is 0 Å². The molecule has 162 valence electrons. The highest BCUT2D eigenvalue weighted by atomic mass is 79.9. The van der Waals surface area contributed by atoms with E-state index in [-0.39, 0.29) is 11.7 Å². The van der Waals surface area contributed by atoms with Gasteiger partial charge < -0.3 is 5.32 Å². The Morgan fingerprint density at radius 1 is 0.969 bits per heavy atom. The van der Waals surface area contributed by atoms with Crippen molar-refractivity contribution in [2.45, 2.75) is 25.9 Å². The molecule has 1 amide bonds. The van der Waals surface area contributed by atoms with Gasteiger partial charge in [-0.3, -0.25) is 9.36 Å². The highest BCUT2D eigenvalue weighted by molar-refractivity contribution is 9.10. The number of benzene rings is 3. The summed E-state index contributed by atoms with van der Waals surface area (Å²) in [5, 5.41) is 12.5. The summed E-state index contributed by atoms with van der Waals surface area (Å²) in [5.41, 5.74) is 6.20. The lowest BCUT2D eigenvalue weighted by Crippen LogP contribution is -2.14. The first-order valence-corrected chi connectivity index (χ1v) is 12.0. The van der Waals surface area contributed by atoms with Gasteiger partial charge in [-0.05, 0) is 62.2 Å². The number of thioether (sulfide) groups is 1. The number of aryl methyl sites for hydroxylation is 3. The van der Waals surface area contributed by atoms with Gasteiger partial charge in [-0.15, -0.1) is 10.2 Å². The molecule has 0 aliphatic carbocycles. The van der Waals surface area contributed by atoms with Gasteiger partial charge in [0.15, 0.2) is 11.0 Å². The first kappa shape index (κ1) is 22.3. The summed E-state index contributed by atoms with van der Waals surface area (Å²) in [6, 6.07) is 22.0. The zero-order valence-corrected chi connectivity index (χ0v) is 20.5. The Morgan fingerprint density at radius 2 is 1.72 bits per heavy atom. The Morgan fingerprint density at radius 3 is 2.44 bits per heavy atom. The largest absolute Gasteiger partial charge is 0.325 e. The molecular formula is C25H23BrN4OS. The van der Waals surface area contributed by atoms with Crippen LogP contribution in [0.4, 0.5) is 5.69 Å². The van der Waals surface area contributed by atoms with Gasteiger partial charge in [0.1, 0.15) is 0 Å². The van der Waals surface area contributed by atoms with Crippen LogP contribution in [0.25, 0.3) is 17.1 Å². The number of carbonyl (C=O) groups excluding carboxylic acids is 1. The summed E-state index contributed by atoms with van der Waals surface area (Å²) in [6.45, 7) is 6.14. The first-order chi connectivity index (χ1) is 15.4. The van der Waals surface area contributed by atoms with Crippen molar-refractivity contribution in [3.8, 4) is 17.1 Å². The van der Waals surface area contributed by atoms with Crippen LogP contribution in [-0.4, -0.2) is 26.4 Å². The zero-order chi connectivity index (χ0) is 22.7. The van der Waals surface area contributed by atoms with E-state index in [9.17, 15) is 4.79 Å². The maximum Gasteiger partial charge on any atom is 0.234 e. The number of carbonyl (C=O) groups is 1. The molecule has 0 aliphatic heterocycles. The summed E-state index contributed by atoms with van der Waals surface area (Å²) in [7, 11) is 0. The number of aromatic nitrogens is 3. The monoisotopic (exact) mass is 506 g/mol. The quantitative estimate of drug-likeness (QED) is 0.309. The van der Waals surface area contributed by atoms with E-state index in [0.29, 0.717) is 5.16 Å². The molecule has 0 spiro atoms. The third kappa shape index (κ3) is 4.95. The molecule has 1 N–H and O–H groups in total. The number of amides is 1. The molecule has 0 unspecified atom stereocenters. The van der Waals surface area contributed by atoms with Gasteiger partial charge in [-0.1, -0.05) is 69.7 Å². The standard InChI is InChI=1S/C25H23BrN4OS/c1-16-8-12-20(13-9-16)30-24(21-6-4-5-7-22(21)26)28-29-25(30)32-15-23(31)27-19-11-10-17(2)18(3)14-19/h4-14H,15H2,1-3H3,(H,27,31). The average Bonchev–Trinajstić information content (AvgIpc) is 3.19. The van der Waals surface area contributed by atoms with Crippen LogP contribution in [0.5, 0.6) is 0 Å². The molecule has 0 fully saturated rings. The predicted molar refractivity (Wildman–Crippen MR) is 135 cm³/mol. The Kier molecular flexibility index (Phi) is 6.77. The van der Waals surface area contributed by atoms with Crippen LogP contribution in [-0.2, 0) is 4.79 Å². The second kappa shape index (κ2) is 9.71. The lowest BCUT2D eigenvalue weighted by atomic mass is 10.1. The average molecular weight is 507 g/mol. The van der Waals surface area contributed by atoms with Gasteiger partial charge >= 0.3 is 0 Å². The zero-order valence-electron chi connectivity index (χ0n) is 18.1. The minimum Gasteiger partial charge on any atom is -0.325 e. The maximum absolute atomic E-state index is 12.6. The molecule has 1 aromatic heterocycles. The van der Waals surface area contributed by atoms with E-state index >= 15 is 0 Å². The Balaban J connectivity index is 1.61. The molecule has 1 heterocycles. The summed E-state index contributed by atoms with van der Waals surface area (Å²) < 4.78 is 2.93. The number of hydrogen-bond donors (Lipinski definition) is 1. The third-order valence-electron chi connectivity index (χ3n) is 5.16. The SMILES string of the molecule is Cc1ccc(-n2c(SCC(=O)Nc3ccc(C)c(C)c3)nnc2-c2ccccc2Br)cc1. The van der Waals surface area contributed by atoms with Gasteiger partial charge in [0.2, 0.25) is 5.91 Å². The summed E-state index contributed by atoms with van der Waals surface area (Å²) >= 11 is 4.98. The lowest BCUT2D eigenvalue weighted by molar-refractivity contribution is -0.113. The number of anilines is 1. The van der Waals surface area contributed by atoms with Crippen molar-refractivity contribution < 1.29 is 4.79 Å². The minimum atomic E-state index is -0.0841. The molecule has 32 heavy (non-hydrogen) atoms. The molecule has 0 radical (unpaired) electrons. The van der Waals surface area contributed by atoms with Gasteiger partial charge in [-0.25, -0.2) is 0 Å². The second-order valence-corrected chi connectivity index (χ2v) is 9.39. The number of nitrogens with one attached hydrogen (secondary N) is 1. The molecular weight excluding hydrogens is 484 g/mol. The van der Waals surface area contributed by atoms with Crippen molar-refractivity contribution in [2.75, 3.05) is 11.1 Å². The molecule has 0 atom stereocenters. The van der Waals surface area contributed by atoms with Gasteiger partial charge in [-0.2, -0.15) is 0 Å². The molecule has 5 nitrogen and oxygen atoms in total. The second-order valence-electron chi connectivity index (χ2n) is 7.59.